The second-order valence-corrected chi connectivity index (χ2v) is 5.67. The van der Waals surface area contributed by atoms with Crippen molar-refractivity contribution < 1.29 is 0 Å². The Balaban J connectivity index is 2.28. The molecule has 3 nitrogen and oxygen atoms in total. The third-order valence-electron chi connectivity index (χ3n) is 2.19. The fraction of sp³-hybridized carbons (Fsp3) is 0.889. The van der Waals surface area contributed by atoms with Gasteiger partial charge < -0.3 is 10.6 Å². The molecule has 13 heavy (non-hydrogen) atoms. The lowest BCUT2D eigenvalue weighted by atomic mass is 10.3. The molecule has 1 fully saturated rings. The van der Waals surface area contributed by atoms with Crippen molar-refractivity contribution in [2.24, 2.45) is 5.73 Å². The van der Waals surface area contributed by atoms with Crippen LogP contribution in [0.3, 0.4) is 0 Å². The van der Waals surface area contributed by atoms with Crippen LogP contribution in [0.2, 0.25) is 0 Å². The summed E-state index contributed by atoms with van der Waals surface area (Å²) in [7, 11) is 0. The molecule has 0 aliphatic carbocycles. The van der Waals surface area contributed by atoms with Crippen LogP contribution in [0.25, 0.3) is 0 Å². The van der Waals surface area contributed by atoms with Crippen LogP contribution in [0.5, 0.6) is 0 Å². The quantitative estimate of drug-likeness (QED) is 0.532. The topological polar surface area (TPSA) is 53.1 Å². The maximum atomic E-state index is 7.16. The van der Waals surface area contributed by atoms with Gasteiger partial charge in [-0.3, -0.25) is 5.41 Å². The molecule has 0 spiro atoms. The first-order valence-electron chi connectivity index (χ1n) is 4.78. The fourth-order valence-corrected chi connectivity index (χ4v) is 3.13. The summed E-state index contributed by atoms with van der Waals surface area (Å²) in [6.07, 6.45) is 0.712. The van der Waals surface area contributed by atoms with Crippen LogP contribution in [0.15, 0.2) is 0 Å². The van der Waals surface area contributed by atoms with Crippen LogP contribution in [0.1, 0.15) is 20.3 Å². The van der Waals surface area contributed by atoms with E-state index in [4.69, 9.17) is 11.1 Å². The average Bonchev–Trinajstić information content (AvgIpc) is 1.99. The zero-order valence-corrected chi connectivity index (χ0v) is 9.23. The summed E-state index contributed by atoms with van der Waals surface area (Å²) < 4.78 is 0. The van der Waals surface area contributed by atoms with Gasteiger partial charge in [0, 0.05) is 36.6 Å². The third kappa shape index (κ3) is 4.00. The molecule has 0 aromatic heterocycles. The van der Waals surface area contributed by atoms with Crippen LogP contribution in [0.4, 0.5) is 0 Å². The van der Waals surface area contributed by atoms with Crippen molar-refractivity contribution in [1.82, 2.24) is 4.90 Å². The number of hydrogen-bond acceptors (Lipinski definition) is 3. The Morgan fingerprint density at radius 2 is 2.00 bits per heavy atom. The molecule has 1 rings (SSSR count). The lowest BCUT2D eigenvalue weighted by Crippen LogP contribution is -2.41. The Kier molecular flexibility index (Phi) is 4.06. The zero-order chi connectivity index (χ0) is 9.84. The Morgan fingerprint density at radius 1 is 1.46 bits per heavy atom. The van der Waals surface area contributed by atoms with Crippen LogP contribution in [-0.2, 0) is 0 Å². The molecule has 0 aromatic rings. The standard InChI is InChI=1S/C9H19N3S/c1-7-5-12(4-3-9(10)11)6-8(2)13-7/h7-8H,3-6H2,1-2H3,(H3,10,11). The fourth-order valence-electron chi connectivity index (χ4n) is 1.75. The molecule has 3 N–H and O–H groups in total. The second-order valence-electron chi connectivity index (χ2n) is 3.79. The van der Waals surface area contributed by atoms with E-state index in [0.29, 0.717) is 12.3 Å². The smallest absolute Gasteiger partial charge is 0.0918 e. The SMILES string of the molecule is CC1CN(CCC(=N)N)CC(C)S1. The molecule has 0 amide bonds. The normalized spacial score (nSPS) is 30.3. The van der Waals surface area contributed by atoms with E-state index in [1.807, 2.05) is 0 Å². The predicted octanol–water partition coefficient (Wildman–Crippen LogP) is 1.14. The van der Waals surface area contributed by atoms with Gasteiger partial charge in [0.15, 0.2) is 0 Å². The van der Waals surface area contributed by atoms with E-state index in [-0.39, 0.29) is 0 Å². The van der Waals surface area contributed by atoms with Crippen LogP contribution < -0.4 is 5.73 Å². The van der Waals surface area contributed by atoms with E-state index in [1.165, 1.54) is 0 Å². The molecule has 2 unspecified atom stereocenters. The molecule has 1 saturated heterocycles. The third-order valence-corrected chi connectivity index (χ3v) is 3.42. The highest BCUT2D eigenvalue weighted by molar-refractivity contribution is 8.00. The van der Waals surface area contributed by atoms with Crippen molar-refractivity contribution in [2.75, 3.05) is 19.6 Å². The highest BCUT2D eigenvalue weighted by Crippen LogP contribution is 2.24. The number of nitrogens with zero attached hydrogens (tertiary/aromatic N) is 1. The minimum absolute atomic E-state index is 0.304. The zero-order valence-electron chi connectivity index (χ0n) is 8.42. The van der Waals surface area contributed by atoms with E-state index >= 15 is 0 Å². The summed E-state index contributed by atoms with van der Waals surface area (Å²) in [5.41, 5.74) is 5.33. The van der Waals surface area contributed by atoms with E-state index in [2.05, 4.69) is 30.5 Å². The molecular weight excluding hydrogens is 182 g/mol. The van der Waals surface area contributed by atoms with Gasteiger partial charge in [0.25, 0.3) is 0 Å². The van der Waals surface area contributed by atoms with Gasteiger partial charge in [-0.2, -0.15) is 11.8 Å². The first kappa shape index (κ1) is 10.9. The maximum absolute atomic E-state index is 7.16. The molecule has 0 saturated carbocycles. The second kappa shape index (κ2) is 4.86. The number of thioether (sulfide) groups is 1. The van der Waals surface area contributed by atoms with Crippen molar-refractivity contribution in [1.29, 1.82) is 5.41 Å². The van der Waals surface area contributed by atoms with Crippen molar-refractivity contribution in [3.05, 3.63) is 0 Å². The van der Waals surface area contributed by atoms with Gasteiger partial charge in [0.2, 0.25) is 0 Å². The molecule has 1 heterocycles. The van der Waals surface area contributed by atoms with Crippen LogP contribution in [0, 0.1) is 5.41 Å². The molecule has 4 heteroatoms. The molecular formula is C9H19N3S. The van der Waals surface area contributed by atoms with E-state index in [1.54, 1.807) is 0 Å². The molecule has 0 aromatic carbocycles. The Morgan fingerprint density at radius 3 is 2.46 bits per heavy atom. The highest BCUT2D eigenvalue weighted by Gasteiger charge is 2.21. The first-order chi connectivity index (χ1) is 6.08. The van der Waals surface area contributed by atoms with Gasteiger partial charge in [-0.05, 0) is 0 Å². The molecule has 0 radical (unpaired) electrons. The van der Waals surface area contributed by atoms with Crippen LogP contribution in [-0.4, -0.2) is 40.9 Å². The van der Waals surface area contributed by atoms with Gasteiger partial charge in [0.05, 0.1) is 5.84 Å². The summed E-state index contributed by atoms with van der Waals surface area (Å²) in [6.45, 7) is 7.76. The molecule has 0 bridgehead atoms. The van der Waals surface area contributed by atoms with Gasteiger partial charge >= 0.3 is 0 Å². The number of rotatable bonds is 3. The van der Waals surface area contributed by atoms with E-state index in [0.717, 1.165) is 30.1 Å². The van der Waals surface area contributed by atoms with Crippen LogP contribution >= 0.6 is 11.8 Å². The number of amidine groups is 1. The first-order valence-corrected chi connectivity index (χ1v) is 5.73. The molecule has 76 valence electrons. The van der Waals surface area contributed by atoms with Crippen molar-refractivity contribution in [3.8, 4) is 0 Å². The number of nitrogens with two attached hydrogens (primary N) is 1. The largest absolute Gasteiger partial charge is 0.388 e. The average molecular weight is 201 g/mol. The van der Waals surface area contributed by atoms with E-state index < -0.39 is 0 Å². The van der Waals surface area contributed by atoms with Crippen molar-refractivity contribution in [2.45, 2.75) is 30.8 Å². The summed E-state index contributed by atoms with van der Waals surface area (Å²) in [6, 6.07) is 0. The Labute approximate surface area is 84.6 Å². The summed E-state index contributed by atoms with van der Waals surface area (Å²) in [5, 5.41) is 8.60. The minimum atomic E-state index is 0.304. The molecule has 2 atom stereocenters. The number of hydrogen-bond donors (Lipinski definition) is 2. The maximum Gasteiger partial charge on any atom is 0.0918 e. The van der Waals surface area contributed by atoms with Crippen molar-refractivity contribution >= 4 is 17.6 Å². The van der Waals surface area contributed by atoms with Crippen molar-refractivity contribution in [3.63, 3.8) is 0 Å². The lowest BCUT2D eigenvalue weighted by molar-refractivity contribution is 0.278. The minimum Gasteiger partial charge on any atom is -0.388 e. The molecule has 1 aliphatic rings. The van der Waals surface area contributed by atoms with Gasteiger partial charge in [-0.25, -0.2) is 0 Å². The molecule has 1 aliphatic heterocycles. The predicted molar refractivity (Wildman–Crippen MR) is 59.5 cm³/mol. The summed E-state index contributed by atoms with van der Waals surface area (Å²) in [4.78, 5) is 2.41. The Bertz CT molecular complexity index is 174. The van der Waals surface area contributed by atoms with Gasteiger partial charge in [0.1, 0.15) is 0 Å². The van der Waals surface area contributed by atoms with E-state index in [9.17, 15) is 0 Å². The summed E-state index contributed by atoms with van der Waals surface area (Å²) in [5.74, 6) is 0.304. The monoisotopic (exact) mass is 201 g/mol. The van der Waals surface area contributed by atoms with Gasteiger partial charge in [-0.15, -0.1) is 0 Å². The Hall–Kier alpha value is -0.220. The number of nitrogens with one attached hydrogen (secondary N) is 1. The lowest BCUT2D eigenvalue weighted by Gasteiger charge is -2.34. The van der Waals surface area contributed by atoms with Gasteiger partial charge in [-0.1, -0.05) is 13.8 Å². The highest BCUT2D eigenvalue weighted by atomic mass is 32.2. The summed E-state index contributed by atoms with van der Waals surface area (Å²) >= 11 is 2.05.